The lowest BCUT2D eigenvalue weighted by Crippen LogP contribution is -2.54. The van der Waals surface area contributed by atoms with Gasteiger partial charge in [0.2, 0.25) is 0 Å². The molecule has 19 heavy (non-hydrogen) atoms. The van der Waals surface area contributed by atoms with Crippen molar-refractivity contribution in [2.75, 3.05) is 13.2 Å². The van der Waals surface area contributed by atoms with Gasteiger partial charge in [-0.3, -0.25) is 0 Å². The van der Waals surface area contributed by atoms with Crippen LogP contribution in [0.25, 0.3) is 0 Å². The molecule has 1 aliphatic rings. The van der Waals surface area contributed by atoms with Crippen LogP contribution in [0.3, 0.4) is 0 Å². The molecule has 0 radical (unpaired) electrons. The van der Waals surface area contributed by atoms with Crippen molar-refractivity contribution < 1.29 is 4.74 Å². The number of rotatable bonds is 9. The lowest BCUT2D eigenvalue weighted by molar-refractivity contribution is -0.102. The molecule has 3 atom stereocenters. The first-order valence-electron chi connectivity index (χ1n) is 8.55. The second-order valence-corrected chi connectivity index (χ2v) is 6.31. The molecule has 0 amide bonds. The van der Waals surface area contributed by atoms with Crippen LogP contribution in [0.5, 0.6) is 0 Å². The Hall–Kier alpha value is -0.0800. The average Bonchev–Trinajstić information content (AvgIpc) is 2.38. The van der Waals surface area contributed by atoms with Crippen molar-refractivity contribution in [1.29, 1.82) is 0 Å². The summed E-state index contributed by atoms with van der Waals surface area (Å²) in [4.78, 5) is 0. The van der Waals surface area contributed by atoms with E-state index in [0.717, 1.165) is 19.1 Å². The van der Waals surface area contributed by atoms with Crippen molar-refractivity contribution in [3.8, 4) is 0 Å². The van der Waals surface area contributed by atoms with Gasteiger partial charge in [0.05, 0.1) is 5.60 Å². The van der Waals surface area contributed by atoms with Crippen molar-refractivity contribution in [2.24, 2.45) is 5.92 Å². The third-order valence-electron chi connectivity index (χ3n) is 4.60. The molecule has 0 aliphatic heterocycles. The molecule has 0 aromatic heterocycles. The van der Waals surface area contributed by atoms with Gasteiger partial charge in [0.1, 0.15) is 0 Å². The smallest absolute Gasteiger partial charge is 0.0837 e. The van der Waals surface area contributed by atoms with Crippen LogP contribution >= 0.6 is 0 Å². The molecule has 1 fully saturated rings. The van der Waals surface area contributed by atoms with Gasteiger partial charge < -0.3 is 10.1 Å². The average molecular weight is 269 g/mol. The largest absolute Gasteiger partial charge is 0.374 e. The zero-order chi connectivity index (χ0) is 14.1. The van der Waals surface area contributed by atoms with Crippen molar-refractivity contribution in [1.82, 2.24) is 5.32 Å². The first kappa shape index (κ1) is 17.0. The summed E-state index contributed by atoms with van der Waals surface area (Å²) in [5.41, 5.74) is 0.107. The number of unbranched alkanes of at least 4 members (excludes halogenated alkanes) is 2. The van der Waals surface area contributed by atoms with Crippen LogP contribution in [0, 0.1) is 5.92 Å². The van der Waals surface area contributed by atoms with Crippen molar-refractivity contribution >= 4 is 0 Å². The first-order chi connectivity index (χ1) is 9.18. The molecular formula is C17H35NO. The minimum absolute atomic E-state index is 0.107. The quantitative estimate of drug-likeness (QED) is 0.621. The Morgan fingerprint density at radius 1 is 1.26 bits per heavy atom. The molecule has 0 saturated heterocycles. The fourth-order valence-corrected chi connectivity index (χ4v) is 3.78. The fraction of sp³-hybridized carbons (Fsp3) is 1.00. The van der Waals surface area contributed by atoms with Gasteiger partial charge in [-0.05, 0) is 38.6 Å². The van der Waals surface area contributed by atoms with Crippen LogP contribution in [-0.4, -0.2) is 24.8 Å². The summed E-state index contributed by atoms with van der Waals surface area (Å²) in [5, 5.41) is 3.73. The minimum atomic E-state index is 0.107. The summed E-state index contributed by atoms with van der Waals surface area (Å²) in [7, 11) is 0. The van der Waals surface area contributed by atoms with E-state index in [9.17, 15) is 0 Å². The predicted molar refractivity (Wildman–Crippen MR) is 83.6 cm³/mol. The van der Waals surface area contributed by atoms with E-state index in [1.807, 2.05) is 0 Å². The molecule has 1 aliphatic carbocycles. The summed E-state index contributed by atoms with van der Waals surface area (Å²) in [5.74, 6) is 0.813. The Kier molecular flexibility index (Phi) is 8.01. The lowest BCUT2D eigenvalue weighted by Gasteiger charge is -2.46. The lowest BCUT2D eigenvalue weighted by atomic mass is 9.73. The second-order valence-electron chi connectivity index (χ2n) is 6.31. The third-order valence-corrected chi connectivity index (χ3v) is 4.60. The molecule has 0 heterocycles. The van der Waals surface area contributed by atoms with E-state index in [1.54, 1.807) is 0 Å². The molecule has 1 rings (SSSR count). The summed E-state index contributed by atoms with van der Waals surface area (Å²) < 4.78 is 6.32. The molecule has 1 saturated carbocycles. The monoisotopic (exact) mass is 269 g/mol. The summed E-state index contributed by atoms with van der Waals surface area (Å²) in [6, 6.07) is 0.548. The standard InChI is InChI=1S/C17H35NO/c1-5-8-9-12-16(18-6-2)17(19-7-3)13-10-11-15(4)14-17/h15-16,18H,5-14H2,1-4H3. The molecule has 114 valence electrons. The number of ether oxygens (including phenoxy) is 1. The van der Waals surface area contributed by atoms with Gasteiger partial charge in [0.15, 0.2) is 0 Å². The van der Waals surface area contributed by atoms with Gasteiger partial charge in [-0.25, -0.2) is 0 Å². The van der Waals surface area contributed by atoms with E-state index < -0.39 is 0 Å². The SMILES string of the molecule is CCCCCC(NCC)C1(OCC)CCCC(C)C1. The number of hydrogen-bond acceptors (Lipinski definition) is 2. The van der Waals surface area contributed by atoms with Gasteiger partial charge in [0.25, 0.3) is 0 Å². The van der Waals surface area contributed by atoms with Crippen LogP contribution < -0.4 is 5.32 Å². The van der Waals surface area contributed by atoms with E-state index >= 15 is 0 Å². The zero-order valence-corrected chi connectivity index (χ0v) is 13.6. The number of hydrogen-bond donors (Lipinski definition) is 1. The summed E-state index contributed by atoms with van der Waals surface area (Å²) in [6.07, 6.45) is 10.4. The van der Waals surface area contributed by atoms with Crippen LogP contribution in [0.15, 0.2) is 0 Å². The molecule has 1 N–H and O–H groups in total. The Morgan fingerprint density at radius 3 is 2.63 bits per heavy atom. The summed E-state index contributed by atoms with van der Waals surface area (Å²) in [6.45, 7) is 10.9. The van der Waals surface area contributed by atoms with Gasteiger partial charge in [-0.1, -0.05) is 52.9 Å². The predicted octanol–water partition coefficient (Wildman–Crippen LogP) is 4.53. The molecule has 0 spiro atoms. The maximum Gasteiger partial charge on any atom is 0.0837 e. The van der Waals surface area contributed by atoms with Crippen LogP contribution in [0.2, 0.25) is 0 Å². The Balaban J connectivity index is 2.71. The van der Waals surface area contributed by atoms with Crippen LogP contribution in [-0.2, 0) is 4.74 Å². The topological polar surface area (TPSA) is 21.3 Å². The van der Waals surface area contributed by atoms with Crippen molar-refractivity contribution in [3.05, 3.63) is 0 Å². The Bertz CT molecular complexity index is 227. The maximum absolute atomic E-state index is 6.32. The Labute approximate surface area is 120 Å². The molecule has 0 bridgehead atoms. The second kappa shape index (κ2) is 8.97. The number of nitrogens with one attached hydrogen (secondary N) is 1. The van der Waals surface area contributed by atoms with E-state index in [0.29, 0.717) is 6.04 Å². The minimum Gasteiger partial charge on any atom is -0.374 e. The van der Waals surface area contributed by atoms with E-state index in [4.69, 9.17) is 4.74 Å². The highest BCUT2D eigenvalue weighted by molar-refractivity contribution is 4.97. The highest BCUT2D eigenvalue weighted by atomic mass is 16.5. The normalized spacial score (nSPS) is 29.4. The van der Waals surface area contributed by atoms with Crippen LogP contribution in [0.4, 0.5) is 0 Å². The number of likely N-dealkylation sites (N-methyl/N-ethyl adjacent to an activating group) is 1. The van der Waals surface area contributed by atoms with E-state index in [-0.39, 0.29) is 5.60 Å². The molecular weight excluding hydrogens is 234 g/mol. The van der Waals surface area contributed by atoms with Gasteiger partial charge in [-0.2, -0.15) is 0 Å². The molecule has 2 nitrogen and oxygen atoms in total. The van der Waals surface area contributed by atoms with E-state index in [1.165, 1.54) is 51.4 Å². The molecule has 0 aromatic rings. The maximum atomic E-state index is 6.32. The third kappa shape index (κ3) is 5.07. The van der Waals surface area contributed by atoms with E-state index in [2.05, 4.69) is 33.0 Å². The highest BCUT2D eigenvalue weighted by Crippen LogP contribution is 2.39. The fourth-order valence-electron chi connectivity index (χ4n) is 3.78. The summed E-state index contributed by atoms with van der Waals surface area (Å²) >= 11 is 0. The highest BCUT2D eigenvalue weighted by Gasteiger charge is 2.41. The van der Waals surface area contributed by atoms with Crippen molar-refractivity contribution in [2.45, 2.75) is 90.7 Å². The molecule has 0 aromatic carbocycles. The Morgan fingerprint density at radius 2 is 2.05 bits per heavy atom. The first-order valence-corrected chi connectivity index (χ1v) is 8.55. The zero-order valence-electron chi connectivity index (χ0n) is 13.6. The van der Waals surface area contributed by atoms with Crippen LogP contribution in [0.1, 0.15) is 79.1 Å². The van der Waals surface area contributed by atoms with Gasteiger partial charge in [0, 0.05) is 12.6 Å². The van der Waals surface area contributed by atoms with Gasteiger partial charge >= 0.3 is 0 Å². The molecule has 3 unspecified atom stereocenters. The molecule has 2 heteroatoms. The van der Waals surface area contributed by atoms with Gasteiger partial charge in [-0.15, -0.1) is 0 Å². The van der Waals surface area contributed by atoms with Crippen molar-refractivity contribution in [3.63, 3.8) is 0 Å².